The zero-order valence-electron chi connectivity index (χ0n) is 22.3. The third-order valence-corrected chi connectivity index (χ3v) is 6.88. The number of ketones is 1. The van der Waals surface area contributed by atoms with Crippen LogP contribution in [0.4, 0.5) is 17.6 Å². The first-order valence-electron chi connectivity index (χ1n) is 12.4. The average molecular weight is 571 g/mol. The van der Waals surface area contributed by atoms with Gasteiger partial charge in [0.1, 0.15) is 5.82 Å². The lowest BCUT2D eigenvalue weighted by Gasteiger charge is -2.33. The average Bonchev–Trinajstić information content (AvgIpc) is 3.18. The molecule has 0 aliphatic carbocycles. The van der Waals surface area contributed by atoms with Crippen LogP contribution >= 0.6 is 0 Å². The third kappa shape index (κ3) is 5.39. The van der Waals surface area contributed by atoms with Gasteiger partial charge >= 0.3 is 6.18 Å². The number of nitrogens with one attached hydrogen (secondary N) is 1. The van der Waals surface area contributed by atoms with Crippen LogP contribution in [0.3, 0.4) is 0 Å². The van der Waals surface area contributed by atoms with Crippen molar-refractivity contribution < 1.29 is 41.4 Å². The quantitative estimate of drug-likeness (QED) is 0.285. The smallest absolute Gasteiger partial charge is 0.425 e. The Kier molecular flexibility index (Phi) is 8.18. The maximum Gasteiger partial charge on any atom is 0.425 e. The summed E-state index contributed by atoms with van der Waals surface area (Å²) in [7, 11) is 2.64. The third-order valence-electron chi connectivity index (χ3n) is 6.88. The summed E-state index contributed by atoms with van der Waals surface area (Å²) >= 11 is 0. The number of rotatable bonds is 9. The number of hydrogen-bond donors (Lipinski definition) is 1. The summed E-state index contributed by atoms with van der Waals surface area (Å²) in [6, 6.07) is 16.2. The Hall–Kier alpha value is -4.67. The molecule has 0 spiro atoms. The van der Waals surface area contributed by atoms with Crippen LogP contribution in [-0.4, -0.2) is 55.0 Å². The highest BCUT2D eigenvalue weighted by molar-refractivity contribution is 6.19. The topological polar surface area (TPSA) is 84.9 Å². The van der Waals surface area contributed by atoms with Crippen molar-refractivity contribution >= 4 is 17.6 Å². The zero-order valence-corrected chi connectivity index (χ0v) is 22.3. The fourth-order valence-electron chi connectivity index (χ4n) is 4.77. The van der Waals surface area contributed by atoms with Gasteiger partial charge in [0.25, 0.3) is 11.8 Å². The molecule has 4 rings (SSSR count). The monoisotopic (exact) mass is 570 g/mol. The number of halogens is 4. The molecule has 1 unspecified atom stereocenters. The van der Waals surface area contributed by atoms with E-state index in [-0.39, 0.29) is 41.3 Å². The number of carbonyl (C=O) groups excluding carboxylic acids is 3. The predicted molar refractivity (Wildman–Crippen MR) is 141 cm³/mol. The molecule has 0 aromatic heterocycles. The Morgan fingerprint density at radius 2 is 1.54 bits per heavy atom. The highest BCUT2D eigenvalue weighted by Crippen LogP contribution is 2.46. The number of methoxy groups -OCH3 is 2. The van der Waals surface area contributed by atoms with Crippen molar-refractivity contribution in [1.29, 1.82) is 0 Å². The second-order valence-corrected chi connectivity index (χ2v) is 9.26. The minimum Gasteiger partial charge on any atom is -0.493 e. The standard InChI is InChI=1S/C30H26F4N2O5/c1-18-25(26(37)20-7-5-4-6-8-20)29(30(32,33)34,28(39)36(18)16-15-19-9-12-22(31)13-10-19)35-27(38)21-11-14-23(40-2)24(17-21)41-3/h4-14,17H,15-16H2,1-3H3,(H,35,38). The van der Waals surface area contributed by atoms with Gasteiger partial charge in [0.05, 0.1) is 19.8 Å². The summed E-state index contributed by atoms with van der Waals surface area (Å²) in [4.78, 5) is 41.6. The van der Waals surface area contributed by atoms with E-state index in [2.05, 4.69) is 0 Å². The van der Waals surface area contributed by atoms with E-state index in [0.717, 1.165) is 4.90 Å². The van der Waals surface area contributed by atoms with E-state index >= 15 is 13.2 Å². The summed E-state index contributed by atoms with van der Waals surface area (Å²) in [6.45, 7) is 0.973. The number of Topliss-reactive ketones (excluding diaryl/α,β-unsaturated/α-hetero) is 1. The summed E-state index contributed by atoms with van der Waals surface area (Å²) < 4.78 is 69.1. The van der Waals surface area contributed by atoms with Gasteiger partial charge in [0.2, 0.25) is 5.54 Å². The van der Waals surface area contributed by atoms with Gasteiger partial charge in [-0.1, -0.05) is 42.5 Å². The van der Waals surface area contributed by atoms with Crippen molar-refractivity contribution in [1.82, 2.24) is 10.2 Å². The van der Waals surface area contributed by atoms with E-state index in [9.17, 15) is 18.8 Å². The first-order valence-corrected chi connectivity index (χ1v) is 12.4. The summed E-state index contributed by atoms with van der Waals surface area (Å²) in [5.41, 5.74) is -4.64. The van der Waals surface area contributed by atoms with E-state index in [1.807, 2.05) is 5.32 Å². The van der Waals surface area contributed by atoms with Crippen LogP contribution < -0.4 is 14.8 Å². The first kappa shape index (κ1) is 29.3. The number of carbonyl (C=O) groups is 3. The van der Waals surface area contributed by atoms with Crippen LogP contribution in [0.5, 0.6) is 11.5 Å². The van der Waals surface area contributed by atoms with Crippen molar-refractivity contribution in [3.63, 3.8) is 0 Å². The zero-order chi connectivity index (χ0) is 29.9. The number of amides is 2. The molecule has 214 valence electrons. The van der Waals surface area contributed by atoms with Gasteiger partial charge in [0, 0.05) is 23.4 Å². The highest BCUT2D eigenvalue weighted by Gasteiger charge is 2.70. The Bertz CT molecular complexity index is 1500. The minimum atomic E-state index is -5.41. The molecular weight excluding hydrogens is 544 g/mol. The maximum absolute atomic E-state index is 15.2. The second-order valence-electron chi connectivity index (χ2n) is 9.26. The lowest BCUT2D eigenvalue weighted by molar-refractivity contribution is -0.189. The molecule has 3 aromatic carbocycles. The Morgan fingerprint density at radius 3 is 2.12 bits per heavy atom. The van der Waals surface area contributed by atoms with Crippen molar-refractivity contribution in [2.24, 2.45) is 0 Å². The number of alkyl halides is 3. The normalized spacial score (nSPS) is 17.0. The number of hydrogen-bond acceptors (Lipinski definition) is 5. The molecule has 41 heavy (non-hydrogen) atoms. The van der Waals surface area contributed by atoms with Crippen LogP contribution in [0.15, 0.2) is 84.1 Å². The van der Waals surface area contributed by atoms with Crippen LogP contribution in [-0.2, 0) is 11.2 Å². The van der Waals surface area contributed by atoms with E-state index in [4.69, 9.17) is 9.47 Å². The molecule has 1 aliphatic heterocycles. The van der Waals surface area contributed by atoms with E-state index in [0.29, 0.717) is 5.56 Å². The van der Waals surface area contributed by atoms with Crippen LogP contribution in [0.2, 0.25) is 0 Å². The molecule has 1 aliphatic rings. The molecule has 1 heterocycles. The fourth-order valence-corrected chi connectivity index (χ4v) is 4.77. The molecular formula is C30H26F4N2O5. The van der Waals surface area contributed by atoms with Gasteiger partial charge in [0.15, 0.2) is 17.3 Å². The van der Waals surface area contributed by atoms with Crippen molar-refractivity contribution in [2.45, 2.75) is 25.1 Å². The molecule has 7 nitrogen and oxygen atoms in total. The first-order chi connectivity index (χ1) is 19.4. The Labute approximate surface area is 233 Å². The molecule has 0 fully saturated rings. The van der Waals surface area contributed by atoms with Crippen LogP contribution in [0.25, 0.3) is 0 Å². The molecule has 2 amide bonds. The molecule has 0 saturated heterocycles. The lowest BCUT2D eigenvalue weighted by atomic mass is 9.84. The Morgan fingerprint density at radius 1 is 0.902 bits per heavy atom. The molecule has 0 radical (unpaired) electrons. The van der Waals surface area contributed by atoms with Gasteiger partial charge in [-0.3, -0.25) is 14.4 Å². The van der Waals surface area contributed by atoms with Gasteiger partial charge in [-0.25, -0.2) is 4.39 Å². The van der Waals surface area contributed by atoms with Gasteiger partial charge in [-0.15, -0.1) is 0 Å². The van der Waals surface area contributed by atoms with Crippen LogP contribution in [0.1, 0.15) is 33.2 Å². The number of allylic oxidation sites excluding steroid dienone is 1. The van der Waals surface area contributed by atoms with Crippen LogP contribution in [0, 0.1) is 5.82 Å². The molecule has 0 bridgehead atoms. The summed E-state index contributed by atoms with van der Waals surface area (Å²) in [6.07, 6.45) is -5.35. The summed E-state index contributed by atoms with van der Waals surface area (Å²) in [5.74, 6) is -4.04. The van der Waals surface area contributed by atoms with E-state index in [1.54, 1.807) is 6.07 Å². The Balaban J connectivity index is 1.82. The number of nitrogens with zero attached hydrogens (tertiary/aromatic N) is 1. The number of ether oxygens (including phenoxy) is 2. The van der Waals surface area contributed by atoms with Gasteiger partial charge < -0.3 is 19.7 Å². The van der Waals surface area contributed by atoms with Crippen molar-refractivity contribution in [3.05, 3.63) is 107 Å². The highest BCUT2D eigenvalue weighted by atomic mass is 19.4. The molecule has 11 heteroatoms. The van der Waals surface area contributed by atoms with Gasteiger partial charge in [-0.05, 0) is 49.2 Å². The largest absolute Gasteiger partial charge is 0.493 e. The summed E-state index contributed by atoms with van der Waals surface area (Å²) in [5, 5.41) is 1.87. The van der Waals surface area contributed by atoms with Gasteiger partial charge in [-0.2, -0.15) is 13.2 Å². The van der Waals surface area contributed by atoms with Crippen molar-refractivity contribution in [2.75, 3.05) is 20.8 Å². The SMILES string of the molecule is COc1ccc(C(=O)NC2(C(F)(F)F)C(=O)N(CCc3ccc(F)cc3)C(C)=C2C(=O)c2ccccc2)cc1OC. The molecule has 0 saturated carbocycles. The molecule has 1 N–H and O–H groups in total. The molecule has 1 atom stereocenters. The predicted octanol–water partition coefficient (Wildman–Crippen LogP) is 5.12. The van der Waals surface area contributed by atoms with E-state index < -0.39 is 40.7 Å². The fraction of sp³-hybridized carbons (Fsp3) is 0.233. The number of benzene rings is 3. The lowest BCUT2D eigenvalue weighted by Crippen LogP contribution is -2.66. The minimum absolute atomic E-state index is 0.0632. The molecule has 3 aromatic rings. The van der Waals surface area contributed by atoms with Crippen molar-refractivity contribution in [3.8, 4) is 11.5 Å². The maximum atomic E-state index is 15.2. The van der Waals surface area contributed by atoms with E-state index in [1.165, 1.54) is 87.9 Å². The second kappa shape index (κ2) is 11.4.